The third-order valence-corrected chi connectivity index (χ3v) is 3.48. The molecule has 0 atom stereocenters. The Morgan fingerprint density at radius 1 is 1.00 bits per heavy atom. The second-order valence-electron chi connectivity index (χ2n) is 4.84. The maximum Gasteiger partial charge on any atom is 0.416 e. The van der Waals surface area contributed by atoms with Gasteiger partial charge in [0.15, 0.2) is 5.78 Å². The number of halogens is 4. The molecule has 21 heavy (non-hydrogen) atoms. The Balaban J connectivity index is 2.45. The Morgan fingerprint density at radius 2 is 1.62 bits per heavy atom. The molecule has 0 N–H and O–H groups in total. The minimum Gasteiger partial charge on any atom is -0.289 e. The first-order chi connectivity index (χ1) is 9.70. The standard InChI is InChI=1S/C16H12ClF3O/c1-9-3-5-13(14(17)7-9)15(21)12-6-4-11(8-10(12)2)16(18,19)20/h3-8H,1-2H3. The molecule has 5 heteroatoms. The lowest BCUT2D eigenvalue weighted by Gasteiger charge is -2.11. The minimum absolute atomic E-state index is 0.216. The van der Waals surface area contributed by atoms with Crippen molar-refractivity contribution in [2.24, 2.45) is 0 Å². The summed E-state index contributed by atoms with van der Waals surface area (Å²) >= 11 is 6.03. The number of aryl methyl sites for hydroxylation is 2. The molecule has 2 aromatic rings. The number of benzene rings is 2. The zero-order valence-corrected chi connectivity index (χ0v) is 12.1. The summed E-state index contributed by atoms with van der Waals surface area (Å²) in [7, 11) is 0. The largest absolute Gasteiger partial charge is 0.416 e. The van der Waals surface area contributed by atoms with E-state index in [-0.39, 0.29) is 22.5 Å². The number of carbonyl (C=O) groups excluding carboxylic acids is 1. The number of ketones is 1. The first kappa shape index (κ1) is 15.6. The second kappa shape index (κ2) is 5.53. The second-order valence-corrected chi connectivity index (χ2v) is 5.25. The molecule has 110 valence electrons. The van der Waals surface area contributed by atoms with Crippen LogP contribution in [0.4, 0.5) is 13.2 Å². The first-order valence-electron chi connectivity index (χ1n) is 6.19. The van der Waals surface area contributed by atoms with Gasteiger partial charge in [0.2, 0.25) is 0 Å². The first-order valence-corrected chi connectivity index (χ1v) is 6.56. The molecule has 0 unspecified atom stereocenters. The molecule has 0 bridgehead atoms. The van der Waals surface area contributed by atoms with E-state index in [4.69, 9.17) is 11.6 Å². The molecule has 0 spiro atoms. The van der Waals surface area contributed by atoms with E-state index in [1.165, 1.54) is 13.0 Å². The van der Waals surface area contributed by atoms with E-state index in [0.29, 0.717) is 5.02 Å². The molecule has 0 aliphatic carbocycles. The Kier molecular flexibility index (Phi) is 4.10. The molecule has 0 saturated heterocycles. The van der Waals surface area contributed by atoms with Gasteiger partial charge in [0.05, 0.1) is 10.6 Å². The summed E-state index contributed by atoms with van der Waals surface area (Å²) in [4.78, 5) is 12.4. The molecule has 0 radical (unpaired) electrons. The van der Waals surface area contributed by atoms with E-state index >= 15 is 0 Å². The Bertz CT molecular complexity index is 705. The molecule has 0 aliphatic rings. The molecule has 2 rings (SSSR count). The average molecular weight is 313 g/mol. The molecule has 1 nitrogen and oxygen atoms in total. The van der Waals surface area contributed by atoms with Gasteiger partial charge in [0.25, 0.3) is 0 Å². The van der Waals surface area contributed by atoms with Gasteiger partial charge in [-0.3, -0.25) is 4.79 Å². The predicted octanol–water partition coefficient (Wildman–Crippen LogP) is 5.21. The van der Waals surface area contributed by atoms with Crippen LogP contribution in [-0.4, -0.2) is 5.78 Å². The summed E-state index contributed by atoms with van der Waals surface area (Å²) in [5.41, 5.74) is 0.901. The number of rotatable bonds is 2. The Hall–Kier alpha value is -1.81. The third kappa shape index (κ3) is 3.27. The van der Waals surface area contributed by atoms with Gasteiger partial charge < -0.3 is 0 Å². The van der Waals surface area contributed by atoms with Crippen LogP contribution in [0.5, 0.6) is 0 Å². The van der Waals surface area contributed by atoms with Crippen LogP contribution >= 0.6 is 11.6 Å². The summed E-state index contributed by atoms with van der Waals surface area (Å²) in [6, 6.07) is 8.03. The van der Waals surface area contributed by atoms with Gasteiger partial charge in [-0.1, -0.05) is 23.7 Å². The van der Waals surface area contributed by atoms with Crippen molar-refractivity contribution in [2.75, 3.05) is 0 Å². The maximum atomic E-state index is 12.6. The highest BCUT2D eigenvalue weighted by atomic mass is 35.5. The van der Waals surface area contributed by atoms with Crippen LogP contribution in [0.3, 0.4) is 0 Å². The van der Waals surface area contributed by atoms with Crippen molar-refractivity contribution in [3.8, 4) is 0 Å². The minimum atomic E-state index is -4.42. The number of hydrogen-bond donors (Lipinski definition) is 0. The van der Waals surface area contributed by atoms with E-state index in [2.05, 4.69) is 0 Å². The topological polar surface area (TPSA) is 17.1 Å². The maximum absolute atomic E-state index is 12.6. The number of alkyl halides is 3. The van der Waals surface area contributed by atoms with Crippen LogP contribution in [0.1, 0.15) is 32.6 Å². The zero-order chi connectivity index (χ0) is 15.8. The van der Waals surface area contributed by atoms with E-state index < -0.39 is 11.7 Å². The van der Waals surface area contributed by atoms with Crippen molar-refractivity contribution >= 4 is 17.4 Å². The van der Waals surface area contributed by atoms with Gasteiger partial charge in [-0.2, -0.15) is 13.2 Å². The van der Waals surface area contributed by atoms with Crippen molar-refractivity contribution in [2.45, 2.75) is 20.0 Å². The molecular weight excluding hydrogens is 301 g/mol. The molecule has 0 aliphatic heterocycles. The smallest absolute Gasteiger partial charge is 0.289 e. The van der Waals surface area contributed by atoms with E-state index in [0.717, 1.165) is 17.7 Å². The van der Waals surface area contributed by atoms with Gasteiger partial charge in [0.1, 0.15) is 0 Å². The summed E-state index contributed by atoms with van der Waals surface area (Å²) in [6.45, 7) is 3.31. The van der Waals surface area contributed by atoms with Crippen molar-refractivity contribution in [1.29, 1.82) is 0 Å². The van der Waals surface area contributed by atoms with Crippen LogP contribution in [0.15, 0.2) is 36.4 Å². The average Bonchev–Trinajstić information content (AvgIpc) is 2.36. The lowest BCUT2D eigenvalue weighted by Crippen LogP contribution is -2.09. The molecule has 0 amide bonds. The van der Waals surface area contributed by atoms with E-state index in [9.17, 15) is 18.0 Å². The van der Waals surface area contributed by atoms with Crippen molar-refractivity contribution in [3.05, 3.63) is 69.2 Å². The van der Waals surface area contributed by atoms with Crippen LogP contribution in [0.25, 0.3) is 0 Å². The lowest BCUT2D eigenvalue weighted by atomic mass is 9.96. The highest BCUT2D eigenvalue weighted by Crippen LogP contribution is 2.31. The predicted molar refractivity (Wildman–Crippen MR) is 75.8 cm³/mol. The summed E-state index contributed by atoms with van der Waals surface area (Å²) in [6.07, 6.45) is -4.42. The molecule has 2 aromatic carbocycles. The summed E-state index contributed by atoms with van der Waals surface area (Å²) < 4.78 is 37.9. The summed E-state index contributed by atoms with van der Waals surface area (Å²) in [5, 5.41) is 0.291. The Morgan fingerprint density at radius 3 is 2.14 bits per heavy atom. The molecular formula is C16H12ClF3O. The van der Waals surface area contributed by atoms with Crippen LogP contribution in [0, 0.1) is 13.8 Å². The summed E-state index contributed by atoms with van der Waals surface area (Å²) in [5.74, 6) is -0.383. The van der Waals surface area contributed by atoms with Gasteiger partial charge >= 0.3 is 6.18 Å². The highest BCUT2D eigenvalue weighted by Gasteiger charge is 2.31. The number of carbonyl (C=O) groups is 1. The molecule has 0 fully saturated rings. The van der Waals surface area contributed by atoms with Gasteiger partial charge in [-0.25, -0.2) is 0 Å². The van der Waals surface area contributed by atoms with Gasteiger partial charge in [0, 0.05) is 11.1 Å². The quantitative estimate of drug-likeness (QED) is 0.696. The highest BCUT2D eigenvalue weighted by molar-refractivity contribution is 6.35. The SMILES string of the molecule is Cc1ccc(C(=O)c2ccc(C(F)(F)F)cc2C)c(Cl)c1. The fourth-order valence-electron chi connectivity index (χ4n) is 2.04. The van der Waals surface area contributed by atoms with Gasteiger partial charge in [-0.05, 0) is 49.2 Å². The lowest BCUT2D eigenvalue weighted by molar-refractivity contribution is -0.137. The van der Waals surface area contributed by atoms with Crippen molar-refractivity contribution in [1.82, 2.24) is 0 Å². The molecule has 0 heterocycles. The van der Waals surface area contributed by atoms with Crippen molar-refractivity contribution in [3.63, 3.8) is 0 Å². The van der Waals surface area contributed by atoms with E-state index in [1.54, 1.807) is 18.2 Å². The fraction of sp³-hybridized carbons (Fsp3) is 0.188. The Labute approximate surface area is 125 Å². The van der Waals surface area contributed by atoms with E-state index in [1.807, 2.05) is 6.92 Å². The monoisotopic (exact) mass is 312 g/mol. The molecule has 0 aromatic heterocycles. The van der Waals surface area contributed by atoms with Crippen molar-refractivity contribution < 1.29 is 18.0 Å². The number of hydrogen-bond acceptors (Lipinski definition) is 1. The normalized spacial score (nSPS) is 11.5. The molecule has 0 saturated carbocycles. The van der Waals surface area contributed by atoms with Gasteiger partial charge in [-0.15, -0.1) is 0 Å². The van der Waals surface area contributed by atoms with Crippen LogP contribution in [-0.2, 0) is 6.18 Å². The zero-order valence-electron chi connectivity index (χ0n) is 11.4. The third-order valence-electron chi connectivity index (χ3n) is 3.17. The van der Waals surface area contributed by atoms with Crippen LogP contribution in [0.2, 0.25) is 5.02 Å². The van der Waals surface area contributed by atoms with Crippen LogP contribution < -0.4 is 0 Å². The fourth-order valence-corrected chi connectivity index (χ4v) is 2.37.